The predicted molar refractivity (Wildman–Crippen MR) is 113 cm³/mol. The van der Waals surface area contributed by atoms with Gasteiger partial charge in [0.05, 0.1) is 11.3 Å². The molecule has 0 aliphatic carbocycles. The minimum absolute atomic E-state index is 0.327. The van der Waals surface area contributed by atoms with Gasteiger partial charge in [-0.3, -0.25) is 4.79 Å². The number of rotatable bonds is 8. The van der Waals surface area contributed by atoms with E-state index >= 15 is 0 Å². The molecule has 0 heterocycles. The predicted octanol–water partition coefficient (Wildman–Crippen LogP) is 5.47. The molecule has 3 aromatic carbocycles. The highest BCUT2D eigenvalue weighted by Gasteiger charge is 2.36. The molecule has 0 saturated carbocycles. The van der Waals surface area contributed by atoms with Crippen molar-refractivity contribution in [2.45, 2.75) is 12.3 Å². The maximum Gasteiger partial charge on any atom is 0.307 e. The van der Waals surface area contributed by atoms with Gasteiger partial charge in [0, 0.05) is 11.5 Å². The summed E-state index contributed by atoms with van der Waals surface area (Å²) in [6, 6.07) is 31.5. The van der Waals surface area contributed by atoms with Gasteiger partial charge in [0.25, 0.3) is 0 Å². The SMILES string of the molecule is CC(CSCC(c1ccccc1)(c1ccccc1)c1ccccc1)C(=O)O. The van der Waals surface area contributed by atoms with Crippen molar-refractivity contribution in [2.75, 3.05) is 11.5 Å². The van der Waals surface area contributed by atoms with Gasteiger partial charge in [-0.25, -0.2) is 0 Å². The van der Waals surface area contributed by atoms with Crippen molar-refractivity contribution in [3.8, 4) is 0 Å². The largest absolute Gasteiger partial charge is 0.481 e. The van der Waals surface area contributed by atoms with Crippen LogP contribution in [-0.2, 0) is 10.2 Å². The summed E-state index contributed by atoms with van der Waals surface area (Å²) in [6.07, 6.45) is 0. The van der Waals surface area contributed by atoms with Crippen molar-refractivity contribution in [1.29, 1.82) is 0 Å². The minimum Gasteiger partial charge on any atom is -0.481 e. The standard InChI is InChI=1S/C24H24O2S/c1-19(23(25)26)17-27-18-24(20-11-5-2-6-12-20,21-13-7-3-8-14-21)22-15-9-4-10-16-22/h2-16,19H,17-18H2,1H3,(H,25,26). The molecule has 0 bridgehead atoms. The second kappa shape index (κ2) is 8.92. The highest BCUT2D eigenvalue weighted by Crippen LogP contribution is 2.42. The quantitative estimate of drug-likeness (QED) is 0.529. The Bertz CT molecular complexity index is 751. The maximum absolute atomic E-state index is 11.3. The molecule has 27 heavy (non-hydrogen) atoms. The molecule has 0 spiro atoms. The van der Waals surface area contributed by atoms with Crippen molar-refractivity contribution >= 4 is 17.7 Å². The van der Waals surface area contributed by atoms with E-state index in [1.807, 2.05) is 18.2 Å². The van der Waals surface area contributed by atoms with Crippen LogP contribution in [0.15, 0.2) is 91.0 Å². The number of carbonyl (C=O) groups is 1. The normalized spacial score (nSPS) is 12.5. The second-order valence-electron chi connectivity index (χ2n) is 6.76. The molecule has 0 aliphatic heterocycles. The van der Waals surface area contributed by atoms with Crippen LogP contribution in [0.4, 0.5) is 0 Å². The van der Waals surface area contributed by atoms with Crippen molar-refractivity contribution in [3.63, 3.8) is 0 Å². The van der Waals surface area contributed by atoms with Gasteiger partial charge in [-0.05, 0) is 16.7 Å². The fourth-order valence-corrected chi connectivity index (χ4v) is 4.80. The van der Waals surface area contributed by atoms with Crippen molar-refractivity contribution in [1.82, 2.24) is 0 Å². The van der Waals surface area contributed by atoms with Gasteiger partial charge >= 0.3 is 5.97 Å². The lowest BCUT2D eigenvalue weighted by atomic mass is 9.71. The van der Waals surface area contributed by atoms with E-state index in [4.69, 9.17) is 0 Å². The van der Waals surface area contributed by atoms with Crippen LogP contribution in [0.25, 0.3) is 0 Å². The molecule has 3 aromatic rings. The Hall–Kier alpha value is -2.52. The van der Waals surface area contributed by atoms with Gasteiger partial charge in [-0.15, -0.1) is 0 Å². The maximum atomic E-state index is 11.3. The van der Waals surface area contributed by atoms with Crippen molar-refractivity contribution in [2.24, 2.45) is 5.92 Å². The van der Waals surface area contributed by atoms with Gasteiger partial charge < -0.3 is 5.11 Å². The summed E-state index contributed by atoms with van der Waals surface area (Å²) < 4.78 is 0. The molecule has 3 heteroatoms. The Morgan fingerprint density at radius 3 is 1.52 bits per heavy atom. The third-order valence-corrected chi connectivity index (χ3v) is 6.28. The van der Waals surface area contributed by atoms with E-state index in [9.17, 15) is 9.90 Å². The number of thioether (sulfide) groups is 1. The van der Waals surface area contributed by atoms with Gasteiger partial charge in [-0.1, -0.05) is 97.9 Å². The molecule has 0 aromatic heterocycles. The van der Waals surface area contributed by atoms with E-state index in [0.29, 0.717) is 5.75 Å². The monoisotopic (exact) mass is 376 g/mol. The number of hydrogen-bond acceptors (Lipinski definition) is 2. The molecule has 138 valence electrons. The Balaban J connectivity index is 2.10. The summed E-state index contributed by atoms with van der Waals surface area (Å²) in [5.74, 6) is 0.258. The average molecular weight is 377 g/mol. The first kappa shape index (κ1) is 19.2. The van der Waals surface area contributed by atoms with Gasteiger partial charge in [-0.2, -0.15) is 11.8 Å². The Morgan fingerprint density at radius 1 is 0.815 bits per heavy atom. The van der Waals surface area contributed by atoms with E-state index in [0.717, 1.165) is 5.75 Å². The van der Waals surface area contributed by atoms with Crippen LogP contribution >= 0.6 is 11.8 Å². The molecule has 1 atom stereocenters. The summed E-state index contributed by atoms with van der Waals surface area (Å²) in [5.41, 5.74) is 3.33. The lowest BCUT2D eigenvalue weighted by Gasteiger charge is -2.36. The fourth-order valence-electron chi connectivity index (χ4n) is 3.38. The number of hydrogen-bond donors (Lipinski definition) is 1. The molecule has 0 saturated heterocycles. The number of benzene rings is 3. The molecular formula is C24H24O2S. The fraction of sp³-hybridized carbons (Fsp3) is 0.208. The third-order valence-electron chi connectivity index (χ3n) is 4.91. The smallest absolute Gasteiger partial charge is 0.307 e. The van der Waals surface area contributed by atoms with Gasteiger partial charge in [0.15, 0.2) is 0 Å². The average Bonchev–Trinajstić information content (AvgIpc) is 2.73. The first-order valence-corrected chi connectivity index (χ1v) is 10.3. The van der Waals surface area contributed by atoms with Crippen LogP contribution < -0.4 is 0 Å². The molecule has 1 N–H and O–H groups in total. The van der Waals surface area contributed by atoms with Gasteiger partial charge in [0.2, 0.25) is 0 Å². The number of aliphatic carboxylic acids is 1. The lowest BCUT2D eigenvalue weighted by Crippen LogP contribution is -2.33. The first-order chi connectivity index (χ1) is 13.1. The topological polar surface area (TPSA) is 37.3 Å². The number of carboxylic acid groups (broad SMARTS) is 1. The highest BCUT2D eigenvalue weighted by atomic mass is 32.2. The molecule has 0 aliphatic rings. The van der Waals surface area contributed by atoms with Crippen LogP contribution in [0.1, 0.15) is 23.6 Å². The molecule has 3 rings (SSSR count). The van der Waals surface area contributed by atoms with E-state index in [1.54, 1.807) is 18.7 Å². The van der Waals surface area contributed by atoms with Crippen LogP contribution in [-0.4, -0.2) is 22.6 Å². The summed E-state index contributed by atoms with van der Waals surface area (Å²) >= 11 is 1.70. The zero-order valence-electron chi connectivity index (χ0n) is 15.4. The van der Waals surface area contributed by atoms with Crippen molar-refractivity contribution < 1.29 is 9.90 Å². The third kappa shape index (κ3) is 4.25. The molecular weight excluding hydrogens is 352 g/mol. The second-order valence-corrected chi connectivity index (χ2v) is 7.79. The van der Waals surface area contributed by atoms with Crippen LogP contribution in [0.3, 0.4) is 0 Å². The summed E-state index contributed by atoms with van der Waals surface area (Å²) in [5, 5.41) is 9.25. The van der Waals surface area contributed by atoms with Crippen LogP contribution in [0.5, 0.6) is 0 Å². The Labute approximate surface area is 165 Å². The zero-order valence-corrected chi connectivity index (χ0v) is 16.2. The Kier molecular flexibility index (Phi) is 6.36. The van der Waals surface area contributed by atoms with E-state index < -0.39 is 5.97 Å². The molecule has 1 unspecified atom stereocenters. The molecule has 2 nitrogen and oxygen atoms in total. The summed E-state index contributed by atoms with van der Waals surface area (Å²) in [7, 11) is 0. The van der Waals surface area contributed by atoms with Crippen molar-refractivity contribution in [3.05, 3.63) is 108 Å². The first-order valence-electron chi connectivity index (χ1n) is 9.11. The molecule has 0 amide bonds. The Morgan fingerprint density at radius 2 is 1.19 bits per heavy atom. The molecule has 0 fully saturated rings. The zero-order chi connectivity index (χ0) is 19.1. The summed E-state index contributed by atoms with van der Waals surface area (Å²) in [6.45, 7) is 1.77. The summed E-state index contributed by atoms with van der Waals surface area (Å²) in [4.78, 5) is 11.3. The van der Waals surface area contributed by atoms with Crippen LogP contribution in [0.2, 0.25) is 0 Å². The highest BCUT2D eigenvalue weighted by molar-refractivity contribution is 7.99. The van der Waals surface area contributed by atoms with E-state index in [1.165, 1.54) is 16.7 Å². The van der Waals surface area contributed by atoms with Gasteiger partial charge in [0.1, 0.15) is 0 Å². The van der Waals surface area contributed by atoms with Crippen LogP contribution in [0, 0.1) is 5.92 Å². The lowest BCUT2D eigenvalue weighted by molar-refractivity contribution is -0.140. The number of carboxylic acids is 1. The minimum atomic E-state index is -0.743. The van der Waals surface area contributed by atoms with E-state index in [2.05, 4.69) is 72.8 Å². The molecule has 0 radical (unpaired) electrons. The van der Waals surface area contributed by atoms with E-state index in [-0.39, 0.29) is 11.3 Å².